The van der Waals surface area contributed by atoms with E-state index in [-0.39, 0.29) is 13.2 Å². The van der Waals surface area contributed by atoms with E-state index in [4.69, 9.17) is 14.6 Å². The number of aliphatic hydroxyl groups excluding tert-OH is 1. The van der Waals surface area contributed by atoms with Gasteiger partial charge in [0.05, 0.1) is 19.8 Å². The molecule has 1 N–H and O–H groups in total. The van der Waals surface area contributed by atoms with Gasteiger partial charge >= 0.3 is 0 Å². The molecule has 4 heteroatoms. The van der Waals surface area contributed by atoms with Crippen molar-refractivity contribution in [1.29, 1.82) is 5.26 Å². The van der Waals surface area contributed by atoms with Gasteiger partial charge in [-0.2, -0.15) is 5.26 Å². The van der Waals surface area contributed by atoms with Crippen molar-refractivity contribution in [2.45, 2.75) is 12.0 Å². The lowest BCUT2D eigenvalue weighted by Gasteiger charge is -2.32. The summed E-state index contributed by atoms with van der Waals surface area (Å²) in [4.78, 5) is 0. The molecule has 16 heavy (non-hydrogen) atoms. The SMILES string of the molecule is N#CC1(OCCO)CCOc2ccccc21. The first kappa shape index (κ1) is 10.9. The van der Waals surface area contributed by atoms with Crippen molar-refractivity contribution in [3.8, 4) is 11.8 Å². The second kappa shape index (κ2) is 4.52. The van der Waals surface area contributed by atoms with Gasteiger partial charge in [0.2, 0.25) is 0 Å². The molecule has 1 atom stereocenters. The maximum Gasteiger partial charge on any atom is 0.186 e. The molecule has 0 aliphatic carbocycles. The van der Waals surface area contributed by atoms with Gasteiger partial charge in [-0.25, -0.2) is 0 Å². The number of nitrogens with zero attached hydrogens (tertiary/aromatic N) is 1. The third kappa shape index (κ3) is 1.75. The zero-order chi connectivity index (χ0) is 11.4. The van der Waals surface area contributed by atoms with Gasteiger partial charge in [0.25, 0.3) is 0 Å². The van der Waals surface area contributed by atoms with Crippen LogP contribution in [0.15, 0.2) is 24.3 Å². The molecule has 0 saturated carbocycles. The summed E-state index contributed by atoms with van der Waals surface area (Å²) in [6.07, 6.45) is 0.487. The number of hydrogen-bond donors (Lipinski definition) is 1. The van der Waals surface area contributed by atoms with Gasteiger partial charge in [-0.05, 0) is 6.07 Å². The third-order valence-electron chi connectivity index (χ3n) is 2.65. The molecular weight excluding hydrogens is 206 g/mol. The van der Waals surface area contributed by atoms with E-state index < -0.39 is 5.60 Å². The average Bonchev–Trinajstić information content (AvgIpc) is 2.36. The lowest BCUT2D eigenvalue weighted by molar-refractivity contribution is -0.0455. The standard InChI is InChI=1S/C12H13NO3/c13-9-12(16-8-6-14)5-7-15-11-4-2-1-3-10(11)12/h1-4,14H,5-8H2. The third-order valence-corrected chi connectivity index (χ3v) is 2.65. The van der Waals surface area contributed by atoms with E-state index in [1.807, 2.05) is 24.3 Å². The highest BCUT2D eigenvalue weighted by molar-refractivity contribution is 5.43. The Hall–Kier alpha value is -1.57. The molecule has 1 unspecified atom stereocenters. The van der Waals surface area contributed by atoms with Gasteiger partial charge in [-0.1, -0.05) is 18.2 Å². The summed E-state index contributed by atoms with van der Waals surface area (Å²) in [5.41, 5.74) is -0.227. The second-order valence-electron chi connectivity index (χ2n) is 3.61. The molecule has 1 heterocycles. The van der Waals surface area contributed by atoms with Crippen LogP contribution in [0.5, 0.6) is 5.75 Å². The molecule has 0 amide bonds. The first-order valence-electron chi connectivity index (χ1n) is 5.21. The number of fused-ring (bicyclic) bond motifs is 1. The number of benzene rings is 1. The number of para-hydroxylation sites is 1. The van der Waals surface area contributed by atoms with Crippen LogP contribution in [0.4, 0.5) is 0 Å². The Morgan fingerprint density at radius 3 is 3.06 bits per heavy atom. The van der Waals surface area contributed by atoms with Gasteiger partial charge in [0, 0.05) is 12.0 Å². The van der Waals surface area contributed by atoms with Crippen LogP contribution < -0.4 is 4.74 Å². The fourth-order valence-electron chi connectivity index (χ4n) is 1.88. The van der Waals surface area contributed by atoms with Gasteiger partial charge in [-0.15, -0.1) is 0 Å². The Balaban J connectivity index is 2.38. The van der Waals surface area contributed by atoms with Crippen LogP contribution >= 0.6 is 0 Å². The van der Waals surface area contributed by atoms with Gasteiger partial charge < -0.3 is 14.6 Å². The largest absolute Gasteiger partial charge is 0.493 e. The van der Waals surface area contributed by atoms with Crippen molar-refractivity contribution in [2.24, 2.45) is 0 Å². The monoisotopic (exact) mass is 219 g/mol. The summed E-state index contributed by atoms with van der Waals surface area (Å²) in [5.74, 6) is 0.688. The minimum atomic E-state index is -0.975. The first-order valence-corrected chi connectivity index (χ1v) is 5.21. The number of hydrogen-bond acceptors (Lipinski definition) is 4. The molecule has 0 saturated heterocycles. The number of ether oxygens (including phenoxy) is 2. The van der Waals surface area contributed by atoms with E-state index in [9.17, 15) is 5.26 Å². The predicted octanol–water partition coefficient (Wildman–Crippen LogP) is 1.20. The Bertz CT molecular complexity index is 413. The lowest BCUT2D eigenvalue weighted by atomic mass is 9.89. The first-order chi connectivity index (χ1) is 7.82. The second-order valence-corrected chi connectivity index (χ2v) is 3.61. The van der Waals surface area contributed by atoms with Crippen molar-refractivity contribution in [2.75, 3.05) is 19.8 Å². The van der Waals surface area contributed by atoms with Gasteiger partial charge in [0.15, 0.2) is 5.60 Å². The maximum atomic E-state index is 9.30. The van der Waals surface area contributed by atoms with E-state index in [2.05, 4.69) is 6.07 Å². The minimum absolute atomic E-state index is 0.0908. The summed E-state index contributed by atoms with van der Waals surface area (Å²) in [6.45, 7) is 0.518. The molecule has 1 aromatic rings. The molecule has 1 aliphatic heterocycles. The van der Waals surface area contributed by atoms with E-state index in [1.54, 1.807) is 0 Å². The van der Waals surface area contributed by atoms with Crippen LogP contribution in [0.2, 0.25) is 0 Å². The highest BCUT2D eigenvalue weighted by Crippen LogP contribution is 2.39. The predicted molar refractivity (Wildman–Crippen MR) is 56.9 cm³/mol. The molecule has 84 valence electrons. The zero-order valence-electron chi connectivity index (χ0n) is 8.85. The molecule has 1 aromatic carbocycles. The topological polar surface area (TPSA) is 62.5 Å². The molecule has 4 nitrogen and oxygen atoms in total. The highest BCUT2D eigenvalue weighted by atomic mass is 16.5. The lowest BCUT2D eigenvalue weighted by Crippen LogP contribution is -2.35. The van der Waals surface area contributed by atoms with Crippen LogP contribution in [0.3, 0.4) is 0 Å². The fourth-order valence-corrected chi connectivity index (χ4v) is 1.88. The van der Waals surface area contributed by atoms with E-state index >= 15 is 0 Å². The maximum absolute atomic E-state index is 9.30. The van der Waals surface area contributed by atoms with Crippen molar-refractivity contribution in [1.82, 2.24) is 0 Å². The molecule has 2 rings (SSSR count). The van der Waals surface area contributed by atoms with Gasteiger partial charge in [-0.3, -0.25) is 0 Å². The quantitative estimate of drug-likeness (QED) is 0.829. The van der Waals surface area contributed by atoms with Crippen molar-refractivity contribution < 1.29 is 14.6 Å². The van der Waals surface area contributed by atoms with Crippen molar-refractivity contribution in [3.05, 3.63) is 29.8 Å². The van der Waals surface area contributed by atoms with Crippen LogP contribution in [-0.2, 0) is 10.3 Å². The summed E-state index contributed by atoms with van der Waals surface area (Å²) in [6, 6.07) is 9.55. The number of nitriles is 1. The van der Waals surface area contributed by atoms with E-state index in [1.165, 1.54) is 0 Å². The Labute approximate surface area is 94.0 Å². The Morgan fingerprint density at radius 2 is 2.31 bits per heavy atom. The van der Waals surface area contributed by atoms with Crippen LogP contribution in [0.25, 0.3) is 0 Å². The molecule has 0 aromatic heterocycles. The zero-order valence-corrected chi connectivity index (χ0v) is 8.85. The molecule has 1 aliphatic rings. The molecule has 0 spiro atoms. The summed E-state index contributed by atoms with van der Waals surface area (Å²) in [7, 11) is 0. The summed E-state index contributed by atoms with van der Waals surface area (Å²) in [5, 5.41) is 18.1. The minimum Gasteiger partial charge on any atom is -0.493 e. The molecule has 0 bridgehead atoms. The summed E-state index contributed by atoms with van der Waals surface area (Å²) < 4.78 is 11.0. The fraction of sp³-hybridized carbons (Fsp3) is 0.417. The normalized spacial score (nSPS) is 23.0. The average molecular weight is 219 g/mol. The Morgan fingerprint density at radius 1 is 1.50 bits per heavy atom. The summed E-state index contributed by atoms with van der Waals surface area (Å²) >= 11 is 0. The van der Waals surface area contributed by atoms with Crippen LogP contribution in [0, 0.1) is 11.3 Å². The van der Waals surface area contributed by atoms with Gasteiger partial charge in [0.1, 0.15) is 11.8 Å². The van der Waals surface area contributed by atoms with Crippen LogP contribution in [-0.4, -0.2) is 24.9 Å². The molecule has 0 radical (unpaired) electrons. The number of aliphatic hydroxyl groups is 1. The number of rotatable bonds is 3. The smallest absolute Gasteiger partial charge is 0.186 e. The van der Waals surface area contributed by atoms with Crippen molar-refractivity contribution in [3.63, 3.8) is 0 Å². The van der Waals surface area contributed by atoms with E-state index in [0.717, 1.165) is 5.56 Å². The van der Waals surface area contributed by atoms with E-state index in [0.29, 0.717) is 18.8 Å². The highest BCUT2D eigenvalue weighted by Gasteiger charge is 2.38. The molecular formula is C12H13NO3. The van der Waals surface area contributed by atoms with Crippen LogP contribution in [0.1, 0.15) is 12.0 Å². The molecule has 0 fully saturated rings. The Kier molecular flexibility index (Phi) is 3.09. The van der Waals surface area contributed by atoms with Crippen molar-refractivity contribution >= 4 is 0 Å².